The van der Waals surface area contributed by atoms with Gasteiger partial charge in [-0.2, -0.15) is 0 Å². The van der Waals surface area contributed by atoms with E-state index >= 15 is 0 Å². The van der Waals surface area contributed by atoms with E-state index in [4.69, 9.17) is 0 Å². The molecule has 1 fully saturated rings. The van der Waals surface area contributed by atoms with Gasteiger partial charge in [0.15, 0.2) is 0 Å². The summed E-state index contributed by atoms with van der Waals surface area (Å²) in [6.07, 6.45) is 11.5. The van der Waals surface area contributed by atoms with E-state index in [9.17, 15) is 0 Å². The Morgan fingerprint density at radius 2 is 0.963 bits per heavy atom. The zero-order valence-corrected chi connectivity index (χ0v) is 16.7. The van der Waals surface area contributed by atoms with Crippen LogP contribution in [0.3, 0.4) is 0 Å². The second-order valence-corrected chi connectivity index (χ2v) is 6.22. The Morgan fingerprint density at radius 3 is 1.26 bits per heavy atom. The molecule has 1 saturated heterocycles. The van der Waals surface area contributed by atoms with Crippen LogP contribution in [0, 0.1) is 0 Å². The van der Waals surface area contributed by atoms with Crippen LogP contribution in [0.5, 0.6) is 0 Å². The van der Waals surface area contributed by atoms with Gasteiger partial charge in [0, 0.05) is 39.3 Å². The molecule has 0 saturated carbocycles. The molecule has 0 atom stereocenters. The average molecular weight is 366 g/mol. The lowest BCUT2D eigenvalue weighted by molar-refractivity contribution is 0.0869. The van der Waals surface area contributed by atoms with Crippen LogP contribution in [-0.4, -0.2) is 86.0 Å². The third-order valence-corrected chi connectivity index (χ3v) is 4.22. The highest BCUT2D eigenvalue weighted by Crippen LogP contribution is 2.15. The summed E-state index contributed by atoms with van der Waals surface area (Å²) in [6, 6.07) is 0. The normalized spacial score (nSPS) is 15.3. The number of hydrogen-bond donors (Lipinski definition) is 1. The van der Waals surface area contributed by atoms with Crippen LogP contribution < -0.4 is 5.14 Å². The van der Waals surface area contributed by atoms with Gasteiger partial charge in [-0.1, -0.05) is 36.5 Å². The Bertz CT molecular complexity index is 453. The van der Waals surface area contributed by atoms with Gasteiger partial charge < -0.3 is 9.95 Å². The fourth-order valence-electron chi connectivity index (χ4n) is 3.22. The lowest BCUT2D eigenvalue weighted by Crippen LogP contribution is -2.78. The molecule has 0 unspecified atom stereocenters. The summed E-state index contributed by atoms with van der Waals surface area (Å²) in [5.41, 5.74) is 0. The predicted octanol–water partition coefficient (Wildman–Crippen LogP) is 0.564. The smallest absolute Gasteiger partial charge is 0.376 e. The third kappa shape index (κ3) is 6.81. The SMILES string of the molecule is C=CCN(CC=C)B1N(N(CC=C)CC=C)BNBN1N(CC=C)CC=C. The molecule has 9 heteroatoms. The first-order chi connectivity index (χ1) is 13.2. The second-order valence-electron chi connectivity index (χ2n) is 6.22. The van der Waals surface area contributed by atoms with Crippen molar-refractivity contribution in [2.24, 2.45) is 0 Å². The Labute approximate surface area is 167 Å². The highest BCUT2D eigenvalue weighted by molar-refractivity contribution is 6.72. The Hall–Kier alpha value is -1.61. The van der Waals surface area contributed by atoms with Crippen LogP contribution in [-0.2, 0) is 0 Å². The minimum atomic E-state index is -0.0120. The van der Waals surface area contributed by atoms with Crippen molar-refractivity contribution in [2.45, 2.75) is 0 Å². The van der Waals surface area contributed by atoms with E-state index in [1.807, 2.05) is 36.5 Å². The Balaban J connectivity index is 3.31. The van der Waals surface area contributed by atoms with Crippen molar-refractivity contribution in [3.63, 3.8) is 0 Å². The quantitative estimate of drug-likeness (QED) is 0.337. The van der Waals surface area contributed by atoms with E-state index in [0.717, 1.165) is 54.4 Å². The van der Waals surface area contributed by atoms with Gasteiger partial charge >= 0.3 is 7.12 Å². The molecule has 27 heavy (non-hydrogen) atoms. The van der Waals surface area contributed by atoms with Crippen molar-refractivity contribution in [2.75, 3.05) is 39.3 Å². The highest BCUT2D eigenvalue weighted by Gasteiger charge is 2.44. The Morgan fingerprint density at radius 1 is 0.630 bits per heavy atom. The molecular weight excluding hydrogens is 333 g/mol. The number of hydrazine groups is 2. The lowest BCUT2D eigenvalue weighted by Gasteiger charge is -2.52. The topological polar surface area (TPSA) is 28.2 Å². The van der Waals surface area contributed by atoms with Crippen LogP contribution in [0.2, 0.25) is 0 Å². The number of nitrogens with one attached hydrogen (secondary N) is 1. The van der Waals surface area contributed by atoms with Crippen LogP contribution in [0.1, 0.15) is 0 Å². The van der Waals surface area contributed by atoms with Crippen molar-refractivity contribution < 1.29 is 0 Å². The van der Waals surface area contributed by atoms with Gasteiger partial charge in [-0.05, 0) is 0 Å². The molecular formula is C18H33B3N6. The summed E-state index contributed by atoms with van der Waals surface area (Å²) in [4.78, 5) is 6.94. The van der Waals surface area contributed by atoms with Crippen LogP contribution in [0.4, 0.5) is 0 Å². The molecule has 0 amide bonds. The molecule has 1 aliphatic rings. The average Bonchev–Trinajstić information content (AvgIpc) is 2.67. The predicted molar refractivity (Wildman–Crippen MR) is 123 cm³/mol. The molecule has 0 spiro atoms. The molecule has 6 nitrogen and oxygen atoms in total. The fraction of sp³-hybridized carbons (Fsp3) is 0.333. The van der Waals surface area contributed by atoms with E-state index in [1.54, 1.807) is 0 Å². The maximum Gasteiger partial charge on any atom is 0.411 e. The van der Waals surface area contributed by atoms with E-state index < -0.39 is 0 Å². The molecule has 0 aromatic rings. The van der Waals surface area contributed by atoms with Gasteiger partial charge in [-0.15, -0.1) is 39.5 Å². The maximum absolute atomic E-state index is 3.94. The van der Waals surface area contributed by atoms with Gasteiger partial charge in [-0.25, -0.2) is 0 Å². The number of hydrogen-bond acceptors (Lipinski definition) is 6. The molecule has 1 rings (SSSR count). The minimum absolute atomic E-state index is 0.0120. The number of rotatable bonds is 15. The molecule has 0 aliphatic carbocycles. The summed E-state index contributed by atoms with van der Waals surface area (Å²) in [5.74, 6) is 0. The van der Waals surface area contributed by atoms with Crippen molar-refractivity contribution >= 4 is 22.2 Å². The van der Waals surface area contributed by atoms with Gasteiger partial charge in [0.2, 0.25) is 0 Å². The molecule has 0 aromatic carbocycles. The van der Waals surface area contributed by atoms with Crippen molar-refractivity contribution in [3.05, 3.63) is 75.9 Å². The van der Waals surface area contributed by atoms with E-state index in [1.165, 1.54) is 0 Å². The first-order valence-electron chi connectivity index (χ1n) is 9.31. The molecule has 1 aliphatic heterocycles. The van der Waals surface area contributed by atoms with E-state index in [0.29, 0.717) is 0 Å². The van der Waals surface area contributed by atoms with Gasteiger partial charge in [0.05, 0.1) is 0 Å². The van der Waals surface area contributed by atoms with Crippen molar-refractivity contribution in [3.8, 4) is 0 Å². The van der Waals surface area contributed by atoms with Crippen LogP contribution in [0.25, 0.3) is 0 Å². The molecule has 1 N–H and O–H groups in total. The molecule has 1 heterocycles. The maximum atomic E-state index is 3.94. The molecule has 144 valence electrons. The highest BCUT2D eigenvalue weighted by atomic mass is 15.7. The minimum Gasteiger partial charge on any atom is -0.376 e. The molecule has 0 radical (unpaired) electrons. The van der Waals surface area contributed by atoms with E-state index in [-0.39, 0.29) is 7.12 Å². The van der Waals surface area contributed by atoms with Gasteiger partial charge in [0.25, 0.3) is 15.1 Å². The van der Waals surface area contributed by atoms with Crippen LogP contribution >= 0.6 is 0 Å². The zero-order chi connectivity index (χ0) is 20.1. The lowest BCUT2D eigenvalue weighted by atomic mass is 9.70. The van der Waals surface area contributed by atoms with Crippen molar-refractivity contribution in [1.29, 1.82) is 0 Å². The first kappa shape index (κ1) is 23.4. The standard InChI is InChI=1S/C18H33B3N6/c1-7-13-23(14-8-2)21-26(24(15-9-3)16-10-4)19-22-20-27(21)25(17-11-5)18-12-6/h7-12,19-20,22H,1-6,13-18H2. The first-order valence-corrected chi connectivity index (χ1v) is 9.31. The summed E-state index contributed by atoms with van der Waals surface area (Å²) in [6.45, 7) is 28.0. The Kier molecular flexibility index (Phi) is 11.8. The van der Waals surface area contributed by atoms with Gasteiger partial charge in [0.1, 0.15) is 0 Å². The van der Waals surface area contributed by atoms with Crippen LogP contribution in [0.15, 0.2) is 75.9 Å². The fourth-order valence-corrected chi connectivity index (χ4v) is 3.22. The van der Waals surface area contributed by atoms with Gasteiger partial charge in [-0.3, -0.25) is 19.7 Å². The summed E-state index contributed by atoms with van der Waals surface area (Å²) in [7, 11) is 1.44. The largest absolute Gasteiger partial charge is 0.411 e. The monoisotopic (exact) mass is 366 g/mol. The summed E-state index contributed by atoms with van der Waals surface area (Å²) in [5, 5.41) is 7.98. The number of nitrogens with zero attached hydrogens (tertiary/aromatic N) is 5. The zero-order valence-electron chi connectivity index (χ0n) is 16.7. The van der Waals surface area contributed by atoms with E-state index in [2.05, 4.69) is 69.1 Å². The summed E-state index contributed by atoms with van der Waals surface area (Å²) >= 11 is 0. The molecule has 0 aromatic heterocycles. The molecule has 0 bridgehead atoms. The third-order valence-electron chi connectivity index (χ3n) is 4.22. The summed E-state index contributed by atoms with van der Waals surface area (Å²) < 4.78 is 0. The second kappa shape index (κ2) is 13.5. The van der Waals surface area contributed by atoms with Crippen molar-refractivity contribution in [1.82, 2.24) is 29.6 Å².